The van der Waals surface area contributed by atoms with Gasteiger partial charge >= 0.3 is 0 Å². The number of aromatic nitrogens is 1. The Kier molecular flexibility index (Phi) is 1.98. The van der Waals surface area contributed by atoms with Crippen molar-refractivity contribution >= 4 is 5.91 Å². The summed E-state index contributed by atoms with van der Waals surface area (Å²) < 4.78 is 0. The van der Waals surface area contributed by atoms with Crippen LogP contribution in [-0.4, -0.2) is 29.9 Å². The van der Waals surface area contributed by atoms with Gasteiger partial charge in [0.1, 0.15) is 0 Å². The molecule has 0 saturated carbocycles. The van der Waals surface area contributed by atoms with Gasteiger partial charge in [0, 0.05) is 26.5 Å². The SMILES string of the molecule is Cc1c[nH]cc1C(=O)N(C)C. The summed E-state index contributed by atoms with van der Waals surface area (Å²) in [5.41, 5.74) is 1.73. The second-order valence-electron chi connectivity index (χ2n) is 2.75. The number of hydrogen-bond acceptors (Lipinski definition) is 1. The highest BCUT2D eigenvalue weighted by atomic mass is 16.2. The highest BCUT2D eigenvalue weighted by molar-refractivity contribution is 5.95. The van der Waals surface area contributed by atoms with Gasteiger partial charge in [0.05, 0.1) is 5.56 Å². The highest BCUT2D eigenvalue weighted by Gasteiger charge is 2.10. The number of nitrogens with one attached hydrogen (secondary N) is 1. The summed E-state index contributed by atoms with van der Waals surface area (Å²) in [7, 11) is 3.49. The lowest BCUT2D eigenvalue weighted by molar-refractivity contribution is 0.0827. The molecule has 0 radical (unpaired) electrons. The minimum absolute atomic E-state index is 0.0451. The van der Waals surface area contributed by atoms with E-state index in [9.17, 15) is 4.79 Å². The van der Waals surface area contributed by atoms with Crippen molar-refractivity contribution in [1.82, 2.24) is 9.88 Å². The van der Waals surface area contributed by atoms with Gasteiger partial charge in [-0.1, -0.05) is 0 Å². The molecule has 0 bridgehead atoms. The maximum Gasteiger partial charge on any atom is 0.255 e. The molecule has 0 aromatic carbocycles. The van der Waals surface area contributed by atoms with E-state index in [0.717, 1.165) is 11.1 Å². The molecule has 60 valence electrons. The Balaban J connectivity index is 2.93. The normalized spacial score (nSPS) is 9.73. The summed E-state index contributed by atoms with van der Waals surface area (Å²) in [6, 6.07) is 0. The summed E-state index contributed by atoms with van der Waals surface area (Å²) in [5, 5.41) is 0. The predicted octanol–water partition coefficient (Wildman–Crippen LogP) is 1.02. The highest BCUT2D eigenvalue weighted by Crippen LogP contribution is 2.07. The van der Waals surface area contributed by atoms with E-state index < -0.39 is 0 Å². The van der Waals surface area contributed by atoms with Gasteiger partial charge < -0.3 is 9.88 Å². The molecular formula is C8H12N2O. The average molecular weight is 152 g/mol. The van der Waals surface area contributed by atoms with Crippen molar-refractivity contribution in [3.8, 4) is 0 Å². The van der Waals surface area contributed by atoms with E-state index >= 15 is 0 Å². The maximum absolute atomic E-state index is 11.3. The van der Waals surface area contributed by atoms with Gasteiger partial charge in [0.2, 0.25) is 0 Å². The van der Waals surface area contributed by atoms with Gasteiger partial charge in [0.15, 0.2) is 0 Å². The molecular weight excluding hydrogens is 140 g/mol. The summed E-state index contributed by atoms with van der Waals surface area (Å²) in [4.78, 5) is 15.8. The second-order valence-corrected chi connectivity index (χ2v) is 2.75. The lowest BCUT2D eigenvalue weighted by Gasteiger charge is -2.08. The van der Waals surface area contributed by atoms with Crippen LogP contribution >= 0.6 is 0 Å². The first-order valence-electron chi connectivity index (χ1n) is 3.48. The number of aryl methyl sites for hydroxylation is 1. The van der Waals surface area contributed by atoms with E-state index in [1.807, 2.05) is 13.1 Å². The van der Waals surface area contributed by atoms with Crippen LogP contribution in [0.2, 0.25) is 0 Å². The van der Waals surface area contributed by atoms with Crippen LogP contribution < -0.4 is 0 Å². The molecule has 1 amide bonds. The van der Waals surface area contributed by atoms with Gasteiger partial charge in [0.25, 0.3) is 5.91 Å². The molecule has 0 unspecified atom stereocenters. The smallest absolute Gasteiger partial charge is 0.255 e. The fraction of sp³-hybridized carbons (Fsp3) is 0.375. The Morgan fingerprint density at radius 3 is 2.45 bits per heavy atom. The van der Waals surface area contributed by atoms with Crippen molar-refractivity contribution < 1.29 is 4.79 Å². The minimum atomic E-state index is 0.0451. The Bertz CT molecular complexity index is 263. The number of rotatable bonds is 1. The molecule has 0 aliphatic heterocycles. The van der Waals surface area contributed by atoms with Crippen LogP contribution in [0.25, 0.3) is 0 Å². The lowest BCUT2D eigenvalue weighted by atomic mass is 10.2. The zero-order chi connectivity index (χ0) is 8.43. The summed E-state index contributed by atoms with van der Waals surface area (Å²) in [6.45, 7) is 1.91. The third kappa shape index (κ3) is 1.42. The molecule has 0 atom stereocenters. The van der Waals surface area contributed by atoms with Gasteiger partial charge in [-0.05, 0) is 12.5 Å². The standard InChI is InChI=1S/C8H12N2O/c1-6-4-9-5-7(6)8(11)10(2)3/h4-5,9H,1-3H3. The van der Waals surface area contributed by atoms with Crippen LogP contribution in [0.4, 0.5) is 0 Å². The molecule has 1 aromatic heterocycles. The molecule has 1 N–H and O–H groups in total. The van der Waals surface area contributed by atoms with Crippen LogP contribution in [0.5, 0.6) is 0 Å². The van der Waals surface area contributed by atoms with Crippen molar-refractivity contribution in [2.24, 2.45) is 0 Å². The van der Waals surface area contributed by atoms with Gasteiger partial charge in [-0.15, -0.1) is 0 Å². The summed E-state index contributed by atoms with van der Waals surface area (Å²) in [5.74, 6) is 0.0451. The number of hydrogen-bond donors (Lipinski definition) is 1. The number of H-pyrrole nitrogens is 1. The number of aromatic amines is 1. The first-order chi connectivity index (χ1) is 5.13. The van der Waals surface area contributed by atoms with Crippen LogP contribution in [0.1, 0.15) is 15.9 Å². The number of carbonyl (C=O) groups excluding carboxylic acids is 1. The van der Waals surface area contributed by atoms with E-state index in [1.165, 1.54) is 0 Å². The lowest BCUT2D eigenvalue weighted by Crippen LogP contribution is -2.21. The molecule has 1 heterocycles. The van der Waals surface area contributed by atoms with Crippen molar-refractivity contribution in [3.05, 3.63) is 23.5 Å². The van der Waals surface area contributed by atoms with Crippen molar-refractivity contribution in [2.45, 2.75) is 6.92 Å². The van der Waals surface area contributed by atoms with E-state index in [2.05, 4.69) is 4.98 Å². The van der Waals surface area contributed by atoms with E-state index in [1.54, 1.807) is 25.2 Å². The maximum atomic E-state index is 11.3. The molecule has 0 aliphatic carbocycles. The third-order valence-corrected chi connectivity index (χ3v) is 1.59. The van der Waals surface area contributed by atoms with Crippen molar-refractivity contribution in [2.75, 3.05) is 14.1 Å². The summed E-state index contributed by atoms with van der Waals surface area (Å²) in [6.07, 6.45) is 3.54. The van der Waals surface area contributed by atoms with Crippen LogP contribution in [0, 0.1) is 6.92 Å². The molecule has 0 aliphatic rings. The summed E-state index contributed by atoms with van der Waals surface area (Å²) >= 11 is 0. The first kappa shape index (κ1) is 7.85. The van der Waals surface area contributed by atoms with Crippen LogP contribution in [-0.2, 0) is 0 Å². The zero-order valence-electron chi connectivity index (χ0n) is 7.01. The second kappa shape index (κ2) is 2.78. The fourth-order valence-electron chi connectivity index (χ4n) is 0.913. The van der Waals surface area contributed by atoms with Gasteiger partial charge in [-0.25, -0.2) is 0 Å². The number of amides is 1. The fourth-order valence-corrected chi connectivity index (χ4v) is 0.913. The molecule has 3 nitrogen and oxygen atoms in total. The molecule has 0 saturated heterocycles. The Morgan fingerprint density at radius 1 is 1.45 bits per heavy atom. The molecule has 1 aromatic rings. The molecule has 3 heteroatoms. The van der Waals surface area contributed by atoms with Crippen molar-refractivity contribution in [3.63, 3.8) is 0 Å². The first-order valence-corrected chi connectivity index (χ1v) is 3.48. The van der Waals surface area contributed by atoms with Crippen molar-refractivity contribution in [1.29, 1.82) is 0 Å². The molecule has 0 fully saturated rings. The monoisotopic (exact) mass is 152 g/mol. The third-order valence-electron chi connectivity index (χ3n) is 1.59. The van der Waals surface area contributed by atoms with Crippen LogP contribution in [0.3, 0.4) is 0 Å². The van der Waals surface area contributed by atoms with Gasteiger partial charge in [-0.2, -0.15) is 0 Å². The van der Waals surface area contributed by atoms with E-state index in [4.69, 9.17) is 0 Å². The Morgan fingerprint density at radius 2 is 2.09 bits per heavy atom. The largest absolute Gasteiger partial charge is 0.367 e. The topological polar surface area (TPSA) is 36.1 Å². The number of nitrogens with zero attached hydrogens (tertiary/aromatic N) is 1. The Labute approximate surface area is 66.0 Å². The number of carbonyl (C=O) groups is 1. The van der Waals surface area contributed by atoms with Crippen LogP contribution in [0.15, 0.2) is 12.4 Å². The van der Waals surface area contributed by atoms with E-state index in [0.29, 0.717) is 0 Å². The quantitative estimate of drug-likeness (QED) is 0.641. The van der Waals surface area contributed by atoms with Gasteiger partial charge in [-0.3, -0.25) is 4.79 Å². The molecule has 0 spiro atoms. The van der Waals surface area contributed by atoms with E-state index in [-0.39, 0.29) is 5.91 Å². The zero-order valence-corrected chi connectivity index (χ0v) is 7.01. The average Bonchev–Trinajstić information content (AvgIpc) is 2.33. The predicted molar refractivity (Wildman–Crippen MR) is 43.5 cm³/mol. The Hall–Kier alpha value is -1.25. The minimum Gasteiger partial charge on any atom is -0.367 e. The molecule has 11 heavy (non-hydrogen) atoms. The molecule has 1 rings (SSSR count).